The Bertz CT molecular complexity index is 784. The first-order valence-electron chi connectivity index (χ1n) is 13.5. The maximum Gasteiger partial charge on any atom is 0.137 e. The van der Waals surface area contributed by atoms with Crippen LogP contribution in [0.2, 0.25) is 0 Å². The van der Waals surface area contributed by atoms with Gasteiger partial charge in [-0.15, -0.1) is 0 Å². The van der Waals surface area contributed by atoms with Crippen molar-refractivity contribution in [1.29, 1.82) is 0 Å². The van der Waals surface area contributed by atoms with E-state index in [-0.39, 0.29) is 12.2 Å². The van der Waals surface area contributed by atoms with Gasteiger partial charge in [0.25, 0.3) is 0 Å². The van der Waals surface area contributed by atoms with Crippen molar-refractivity contribution in [3.8, 4) is 0 Å². The maximum atomic E-state index is 11.8. The summed E-state index contributed by atoms with van der Waals surface area (Å²) in [6.07, 6.45) is 12.6. The minimum absolute atomic E-state index is 0.166. The van der Waals surface area contributed by atoms with E-state index >= 15 is 0 Å². The topological polar surface area (TPSA) is 82.0 Å². The molecule has 0 amide bonds. The number of aromatic amines is 1. The van der Waals surface area contributed by atoms with Gasteiger partial charge in [0, 0.05) is 6.42 Å². The van der Waals surface area contributed by atoms with Crippen LogP contribution in [0, 0.1) is 52.3 Å². The Hall–Kier alpha value is -0.940. The van der Waals surface area contributed by atoms with E-state index in [0.29, 0.717) is 46.3 Å². The first-order valence-corrected chi connectivity index (χ1v) is 13.5. The summed E-state index contributed by atoms with van der Waals surface area (Å²) >= 11 is 0. The molecule has 11 atom stereocenters. The second-order valence-electron chi connectivity index (χ2n) is 12.6. The van der Waals surface area contributed by atoms with Crippen molar-refractivity contribution in [2.24, 2.45) is 52.3 Å². The van der Waals surface area contributed by atoms with Gasteiger partial charge < -0.3 is 10.2 Å². The summed E-state index contributed by atoms with van der Waals surface area (Å²) < 4.78 is 0. The fourth-order valence-electron chi connectivity index (χ4n) is 9.85. The van der Waals surface area contributed by atoms with Crippen molar-refractivity contribution in [3.63, 3.8) is 0 Å². The summed E-state index contributed by atoms with van der Waals surface area (Å²) in [5.74, 6) is 4.96. The molecule has 1 aromatic heterocycles. The molecule has 3 N–H and O–H groups in total. The minimum atomic E-state index is -0.193. The molecule has 0 bridgehead atoms. The second kappa shape index (κ2) is 8.37. The highest BCUT2D eigenvalue weighted by Gasteiger charge is 2.64. The summed E-state index contributed by atoms with van der Waals surface area (Å²) in [4.78, 5) is 4.33. The lowest BCUT2D eigenvalue weighted by Gasteiger charge is -2.64. The van der Waals surface area contributed by atoms with Crippen molar-refractivity contribution in [2.45, 2.75) is 104 Å². The Morgan fingerprint density at radius 1 is 1.06 bits per heavy atom. The van der Waals surface area contributed by atoms with Crippen LogP contribution in [0.15, 0.2) is 6.33 Å². The number of aromatic nitrogens is 3. The van der Waals surface area contributed by atoms with E-state index in [4.69, 9.17) is 0 Å². The zero-order chi connectivity index (χ0) is 22.7. The monoisotopic (exact) mass is 443 g/mol. The molecular formula is C27H45N3O2. The van der Waals surface area contributed by atoms with E-state index in [1.807, 2.05) is 0 Å². The Balaban J connectivity index is 1.38. The van der Waals surface area contributed by atoms with E-state index in [0.717, 1.165) is 50.3 Å². The minimum Gasteiger partial charge on any atom is -0.393 e. The number of aliphatic hydroxyl groups excluding tert-OH is 2. The van der Waals surface area contributed by atoms with E-state index in [2.05, 4.69) is 42.9 Å². The summed E-state index contributed by atoms with van der Waals surface area (Å²) in [6, 6.07) is 0. The average Bonchev–Trinajstić information content (AvgIpc) is 3.41. The fourth-order valence-corrected chi connectivity index (χ4v) is 9.85. The van der Waals surface area contributed by atoms with Crippen LogP contribution in [0.1, 0.15) is 91.3 Å². The number of nitrogens with one attached hydrogen (secondary N) is 1. The zero-order valence-electron chi connectivity index (χ0n) is 20.6. The Kier molecular flexibility index (Phi) is 5.97. The van der Waals surface area contributed by atoms with Crippen molar-refractivity contribution in [1.82, 2.24) is 15.2 Å². The number of hydrogen-bond acceptors (Lipinski definition) is 4. The molecule has 0 saturated heterocycles. The molecule has 0 aromatic carbocycles. The summed E-state index contributed by atoms with van der Waals surface area (Å²) in [5, 5.41) is 29.3. The van der Waals surface area contributed by atoms with Gasteiger partial charge in [-0.25, -0.2) is 4.98 Å². The molecule has 1 aromatic rings. The molecule has 5 nitrogen and oxygen atoms in total. The number of aryl methyl sites for hydroxylation is 1. The Labute approximate surface area is 194 Å². The normalized spacial score (nSPS) is 49.2. The molecule has 4 aliphatic carbocycles. The lowest BCUT2D eigenvalue weighted by atomic mass is 9.41. The van der Waals surface area contributed by atoms with Gasteiger partial charge in [0.05, 0.1) is 12.2 Å². The van der Waals surface area contributed by atoms with Gasteiger partial charge in [0.15, 0.2) is 0 Å². The molecule has 4 fully saturated rings. The van der Waals surface area contributed by atoms with E-state index in [1.165, 1.54) is 25.7 Å². The molecule has 32 heavy (non-hydrogen) atoms. The third-order valence-electron chi connectivity index (χ3n) is 11.5. The van der Waals surface area contributed by atoms with Crippen LogP contribution in [0.4, 0.5) is 0 Å². The van der Waals surface area contributed by atoms with Gasteiger partial charge in [-0.1, -0.05) is 34.1 Å². The average molecular weight is 444 g/mol. The molecule has 5 heteroatoms. The molecule has 4 saturated carbocycles. The van der Waals surface area contributed by atoms with Crippen molar-refractivity contribution < 1.29 is 10.2 Å². The summed E-state index contributed by atoms with van der Waals surface area (Å²) in [7, 11) is 0. The van der Waals surface area contributed by atoms with Crippen molar-refractivity contribution >= 4 is 0 Å². The summed E-state index contributed by atoms with van der Waals surface area (Å²) in [5.41, 5.74) is 0.639. The third kappa shape index (κ3) is 3.40. The number of fused-ring (bicyclic) bond motifs is 5. The molecular weight excluding hydrogens is 398 g/mol. The van der Waals surface area contributed by atoms with Gasteiger partial charge in [-0.05, 0) is 104 Å². The van der Waals surface area contributed by atoms with Gasteiger partial charge in [0.1, 0.15) is 12.2 Å². The van der Waals surface area contributed by atoms with Crippen LogP contribution < -0.4 is 0 Å². The fraction of sp³-hybridized carbons (Fsp3) is 0.926. The SMILES string of the molecule is CC[C@H]1C(O)C2C3CCC([C@H](C)CCc4ncn[nH]4)[C@@]3(C)CCC2[C@@]2(C)CC[C@@H](O)C[C@@H]12. The highest BCUT2D eigenvalue weighted by atomic mass is 16.3. The van der Waals surface area contributed by atoms with Crippen LogP contribution in [0.25, 0.3) is 0 Å². The highest BCUT2D eigenvalue weighted by molar-refractivity contribution is 5.13. The Morgan fingerprint density at radius 2 is 1.81 bits per heavy atom. The van der Waals surface area contributed by atoms with Crippen LogP contribution >= 0.6 is 0 Å². The molecule has 0 aliphatic heterocycles. The van der Waals surface area contributed by atoms with E-state index < -0.39 is 0 Å². The first-order chi connectivity index (χ1) is 15.3. The smallest absolute Gasteiger partial charge is 0.137 e. The molecule has 0 spiro atoms. The summed E-state index contributed by atoms with van der Waals surface area (Å²) in [6.45, 7) is 9.82. The predicted octanol–water partition coefficient (Wildman–Crippen LogP) is 5.00. The first kappa shape index (κ1) is 22.8. The van der Waals surface area contributed by atoms with Crippen LogP contribution in [-0.2, 0) is 6.42 Å². The van der Waals surface area contributed by atoms with Gasteiger partial charge >= 0.3 is 0 Å². The number of rotatable bonds is 5. The lowest BCUT2D eigenvalue weighted by molar-refractivity contribution is -0.203. The lowest BCUT2D eigenvalue weighted by Crippen LogP contribution is -2.62. The number of nitrogens with zero attached hydrogens (tertiary/aromatic N) is 2. The quantitative estimate of drug-likeness (QED) is 0.598. The second-order valence-corrected chi connectivity index (χ2v) is 12.6. The van der Waals surface area contributed by atoms with Crippen LogP contribution in [-0.4, -0.2) is 37.6 Å². The molecule has 180 valence electrons. The van der Waals surface area contributed by atoms with Crippen LogP contribution in [0.5, 0.6) is 0 Å². The van der Waals surface area contributed by atoms with E-state index in [9.17, 15) is 10.2 Å². The largest absolute Gasteiger partial charge is 0.393 e. The van der Waals surface area contributed by atoms with Gasteiger partial charge in [-0.2, -0.15) is 5.10 Å². The van der Waals surface area contributed by atoms with Crippen molar-refractivity contribution in [2.75, 3.05) is 0 Å². The molecule has 5 rings (SSSR count). The molecule has 4 aliphatic rings. The van der Waals surface area contributed by atoms with Crippen LogP contribution in [0.3, 0.4) is 0 Å². The molecule has 5 unspecified atom stereocenters. The zero-order valence-corrected chi connectivity index (χ0v) is 20.6. The number of H-pyrrole nitrogens is 1. The van der Waals surface area contributed by atoms with Gasteiger partial charge in [-0.3, -0.25) is 5.10 Å². The molecule has 0 radical (unpaired) electrons. The predicted molar refractivity (Wildman–Crippen MR) is 126 cm³/mol. The standard InChI is InChI=1S/C27H45N3O2/c1-5-18-22-14-17(31)10-12-27(22,4)21-11-13-26(3)19(7-8-20(26)24(21)25(18)32)16(2)6-9-23-28-15-29-30-23/h15-22,24-25,31-32H,5-14H2,1-4H3,(H,28,29,30)/t16-,17-,18-,19?,20?,21?,22+,24?,25?,26-,27-/m1/s1. The highest BCUT2D eigenvalue weighted by Crippen LogP contribution is 2.69. The number of aliphatic hydroxyl groups is 2. The van der Waals surface area contributed by atoms with E-state index in [1.54, 1.807) is 6.33 Å². The maximum absolute atomic E-state index is 11.8. The number of hydrogen-bond donors (Lipinski definition) is 3. The van der Waals surface area contributed by atoms with Gasteiger partial charge in [0.2, 0.25) is 0 Å². The Morgan fingerprint density at radius 3 is 2.53 bits per heavy atom. The van der Waals surface area contributed by atoms with Crippen molar-refractivity contribution in [3.05, 3.63) is 12.2 Å². The molecule has 1 heterocycles. The third-order valence-corrected chi connectivity index (χ3v) is 11.5.